The Morgan fingerprint density at radius 2 is 1.53 bits per heavy atom. The summed E-state index contributed by atoms with van der Waals surface area (Å²) >= 11 is 0. The standard InChI is InChI=1S/C23H29NO6/c1-15(2)30-18-9-7-16(11-19(18)26-3)8-10-22(25)24-14-17-12-20(27-4)23(29-6)21(13-17)28-5/h7-13,15H,14H2,1-6H3,(H,24,25)/b10-8+. The van der Waals surface area contributed by atoms with Crippen LogP contribution in [-0.4, -0.2) is 40.5 Å². The molecule has 7 nitrogen and oxygen atoms in total. The maximum absolute atomic E-state index is 12.2. The number of rotatable bonds is 10. The fraction of sp³-hybridized carbons (Fsp3) is 0.348. The molecule has 0 aliphatic carbocycles. The number of carbonyl (C=O) groups is 1. The second kappa shape index (κ2) is 11.0. The second-order valence-electron chi connectivity index (χ2n) is 6.66. The lowest BCUT2D eigenvalue weighted by Gasteiger charge is -2.14. The van der Waals surface area contributed by atoms with Crippen molar-refractivity contribution in [3.05, 3.63) is 47.5 Å². The number of ether oxygens (including phenoxy) is 5. The Kier molecular flexibility index (Phi) is 8.41. The first-order valence-electron chi connectivity index (χ1n) is 9.51. The van der Waals surface area contributed by atoms with Crippen LogP contribution >= 0.6 is 0 Å². The van der Waals surface area contributed by atoms with E-state index in [4.69, 9.17) is 23.7 Å². The van der Waals surface area contributed by atoms with Crippen LogP contribution in [0.2, 0.25) is 0 Å². The quantitative estimate of drug-likeness (QED) is 0.595. The molecule has 0 fully saturated rings. The highest BCUT2D eigenvalue weighted by molar-refractivity contribution is 5.91. The van der Waals surface area contributed by atoms with Crippen molar-refractivity contribution < 1.29 is 28.5 Å². The van der Waals surface area contributed by atoms with Gasteiger partial charge < -0.3 is 29.0 Å². The molecular formula is C23H29NO6. The van der Waals surface area contributed by atoms with E-state index in [9.17, 15) is 4.79 Å². The summed E-state index contributed by atoms with van der Waals surface area (Å²) in [6.07, 6.45) is 3.23. The Hall–Kier alpha value is -3.35. The van der Waals surface area contributed by atoms with Gasteiger partial charge in [-0.3, -0.25) is 4.79 Å². The van der Waals surface area contributed by atoms with Crippen LogP contribution in [0.5, 0.6) is 28.7 Å². The minimum absolute atomic E-state index is 0.0428. The Labute approximate surface area is 177 Å². The molecule has 0 saturated heterocycles. The summed E-state index contributed by atoms with van der Waals surface area (Å²) in [5.41, 5.74) is 1.65. The molecule has 0 aromatic heterocycles. The molecule has 0 aliphatic rings. The lowest BCUT2D eigenvalue weighted by Crippen LogP contribution is -2.20. The van der Waals surface area contributed by atoms with E-state index in [1.165, 1.54) is 6.08 Å². The number of benzene rings is 2. The van der Waals surface area contributed by atoms with Crippen LogP contribution in [0.25, 0.3) is 6.08 Å². The average Bonchev–Trinajstić information content (AvgIpc) is 2.75. The molecule has 7 heteroatoms. The van der Waals surface area contributed by atoms with Gasteiger partial charge in [0.05, 0.1) is 34.5 Å². The highest BCUT2D eigenvalue weighted by Crippen LogP contribution is 2.38. The predicted molar refractivity (Wildman–Crippen MR) is 116 cm³/mol. The van der Waals surface area contributed by atoms with Crippen LogP contribution in [-0.2, 0) is 11.3 Å². The molecule has 0 spiro atoms. The fourth-order valence-electron chi connectivity index (χ4n) is 2.80. The predicted octanol–water partition coefficient (Wildman–Crippen LogP) is 3.84. The Morgan fingerprint density at radius 3 is 2.07 bits per heavy atom. The van der Waals surface area contributed by atoms with Gasteiger partial charge in [0, 0.05) is 12.6 Å². The lowest BCUT2D eigenvalue weighted by molar-refractivity contribution is -0.116. The van der Waals surface area contributed by atoms with E-state index in [1.807, 2.05) is 32.0 Å². The number of nitrogens with one attached hydrogen (secondary N) is 1. The molecule has 2 aromatic rings. The average molecular weight is 415 g/mol. The Morgan fingerprint density at radius 1 is 0.900 bits per heavy atom. The van der Waals surface area contributed by atoms with E-state index in [0.29, 0.717) is 35.3 Å². The van der Waals surface area contributed by atoms with Crippen LogP contribution in [0.4, 0.5) is 0 Å². The van der Waals surface area contributed by atoms with Crippen LogP contribution in [0.15, 0.2) is 36.4 Å². The molecule has 0 saturated carbocycles. The van der Waals surface area contributed by atoms with Crippen molar-refractivity contribution in [2.75, 3.05) is 28.4 Å². The molecule has 0 radical (unpaired) electrons. The number of carbonyl (C=O) groups excluding carboxylic acids is 1. The summed E-state index contributed by atoms with van der Waals surface area (Å²) in [5, 5.41) is 2.84. The summed E-state index contributed by atoms with van der Waals surface area (Å²) in [6, 6.07) is 9.10. The minimum atomic E-state index is -0.231. The van der Waals surface area contributed by atoms with Crippen molar-refractivity contribution >= 4 is 12.0 Å². The van der Waals surface area contributed by atoms with Crippen LogP contribution < -0.4 is 29.0 Å². The van der Waals surface area contributed by atoms with E-state index < -0.39 is 0 Å². The highest BCUT2D eigenvalue weighted by Gasteiger charge is 2.13. The molecule has 1 N–H and O–H groups in total. The van der Waals surface area contributed by atoms with E-state index in [1.54, 1.807) is 46.6 Å². The van der Waals surface area contributed by atoms with E-state index in [-0.39, 0.29) is 12.0 Å². The van der Waals surface area contributed by atoms with Gasteiger partial charge in [0.2, 0.25) is 11.7 Å². The first-order valence-corrected chi connectivity index (χ1v) is 9.51. The third-order valence-electron chi connectivity index (χ3n) is 4.17. The van der Waals surface area contributed by atoms with Gasteiger partial charge >= 0.3 is 0 Å². The third-order valence-corrected chi connectivity index (χ3v) is 4.17. The molecule has 2 aromatic carbocycles. The Bertz CT molecular complexity index is 866. The van der Waals surface area contributed by atoms with Gasteiger partial charge in [-0.1, -0.05) is 6.07 Å². The molecule has 0 heterocycles. The van der Waals surface area contributed by atoms with Crippen molar-refractivity contribution in [3.8, 4) is 28.7 Å². The largest absolute Gasteiger partial charge is 0.493 e. The summed E-state index contributed by atoms with van der Waals surface area (Å²) in [4.78, 5) is 12.2. The molecule has 1 amide bonds. The lowest BCUT2D eigenvalue weighted by atomic mass is 10.1. The molecule has 0 bridgehead atoms. The zero-order valence-corrected chi connectivity index (χ0v) is 18.3. The summed E-state index contributed by atoms with van der Waals surface area (Å²) in [7, 11) is 6.23. The topological polar surface area (TPSA) is 75.3 Å². The molecule has 0 atom stereocenters. The van der Waals surface area contributed by atoms with Gasteiger partial charge in [0.1, 0.15) is 0 Å². The van der Waals surface area contributed by atoms with Gasteiger partial charge in [0.15, 0.2) is 23.0 Å². The van der Waals surface area contributed by atoms with E-state index in [2.05, 4.69) is 5.32 Å². The molecule has 30 heavy (non-hydrogen) atoms. The van der Waals surface area contributed by atoms with Crippen molar-refractivity contribution in [1.82, 2.24) is 5.32 Å². The van der Waals surface area contributed by atoms with Crippen LogP contribution in [0.3, 0.4) is 0 Å². The third kappa shape index (κ3) is 6.07. The van der Waals surface area contributed by atoms with E-state index >= 15 is 0 Å². The van der Waals surface area contributed by atoms with Crippen molar-refractivity contribution in [3.63, 3.8) is 0 Å². The van der Waals surface area contributed by atoms with Crippen LogP contribution in [0.1, 0.15) is 25.0 Å². The van der Waals surface area contributed by atoms with Gasteiger partial charge in [-0.15, -0.1) is 0 Å². The fourth-order valence-corrected chi connectivity index (χ4v) is 2.80. The van der Waals surface area contributed by atoms with Crippen molar-refractivity contribution in [1.29, 1.82) is 0 Å². The molecule has 0 unspecified atom stereocenters. The van der Waals surface area contributed by atoms with Gasteiger partial charge in [-0.25, -0.2) is 0 Å². The Balaban J connectivity index is 2.05. The summed E-state index contributed by atoms with van der Waals surface area (Å²) < 4.78 is 27.0. The molecule has 0 aliphatic heterocycles. The monoisotopic (exact) mass is 415 g/mol. The normalized spacial score (nSPS) is 10.8. The SMILES string of the molecule is COc1cc(/C=C/C(=O)NCc2cc(OC)c(OC)c(OC)c2)ccc1OC(C)C. The zero-order valence-electron chi connectivity index (χ0n) is 18.3. The first-order chi connectivity index (χ1) is 14.4. The van der Waals surface area contributed by atoms with E-state index in [0.717, 1.165) is 11.1 Å². The number of hydrogen-bond donors (Lipinski definition) is 1. The first kappa shape index (κ1) is 22.9. The van der Waals surface area contributed by atoms with Crippen molar-refractivity contribution in [2.24, 2.45) is 0 Å². The minimum Gasteiger partial charge on any atom is -0.493 e. The number of methoxy groups -OCH3 is 4. The summed E-state index contributed by atoms with van der Waals surface area (Å²) in [6.45, 7) is 4.21. The number of amides is 1. The van der Waals surface area contributed by atoms with Crippen molar-refractivity contribution in [2.45, 2.75) is 26.5 Å². The van der Waals surface area contributed by atoms with Gasteiger partial charge in [0.25, 0.3) is 0 Å². The molecule has 2 rings (SSSR count). The van der Waals surface area contributed by atoms with Gasteiger partial charge in [-0.05, 0) is 55.3 Å². The molecular weight excluding hydrogens is 386 g/mol. The van der Waals surface area contributed by atoms with Gasteiger partial charge in [-0.2, -0.15) is 0 Å². The molecule has 162 valence electrons. The highest BCUT2D eigenvalue weighted by atomic mass is 16.5. The zero-order chi connectivity index (χ0) is 22.1. The smallest absolute Gasteiger partial charge is 0.244 e. The summed E-state index contributed by atoms with van der Waals surface area (Å²) in [5.74, 6) is 2.62. The number of hydrogen-bond acceptors (Lipinski definition) is 6. The maximum atomic E-state index is 12.2. The second-order valence-corrected chi connectivity index (χ2v) is 6.66. The maximum Gasteiger partial charge on any atom is 0.244 e. The van der Waals surface area contributed by atoms with Crippen LogP contribution in [0, 0.1) is 0 Å².